The second kappa shape index (κ2) is 10.8. The van der Waals surface area contributed by atoms with E-state index in [4.69, 9.17) is 19.8 Å². The minimum atomic E-state index is -1.82. The van der Waals surface area contributed by atoms with Crippen molar-refractivity contribution in [3.05, 3.63) is 35.9 Å². The minimum absolute atomic E-state index is 0.0241. The van der Waals surface area contributed by atoms with Crippen molar-refractivity contribution in [3.8, 4) is 11.8 Å². The van der Waals surface area contributed by atoms with E-state index in [-0.39, 0.29) is 5.91 Å². The number of carbonyl (C=O) groups excluding carboxylic acids is 1. The lowest BCUT2D eigenvalue weighted by Gasteiger charge is -2.14. The van der Waals surface area contributed by atoms with Gasteiger partial charge in [0.25, 0.3) is 5.91 Å². The van der Waals surface area contributed by atoms with Crippen LogP contribution in [0.15, 0.2) is 30.3 Å². The summed E-state index contributed by atoms with van der Waals surface area (Å²) in [5.41, 5.74) is 0.714. The molecule has 7 nitrogen and oxygen atoms in total. The number of carboxylic acids is 2. The second-order valence-electron chi connectivity index (χ2n) is 5.47. The number of nitrogens with zero attached hydrogens (tertiary/aromatic N) is 2. The highest BCUT2D eigenvalue weighted by Crippen LogP contribution is 2.05. The summed E-state index contributed by atoms with van der Waals surface area (Å²) in [4.78, 5) is 34.3. The van der Waals surface area contributed by atoms with Crippen molar-refractivity contribution in [2.75, 3.05) is 33.2 Å². The Labute approximate surface area is 146 Å². The molecule has 0 atom stereocenters. The standard InChI is InChI=1S/C16H20N2O.C2H2O4/c1-17(16(19)15-9-3-2-4-10-15)11-5-6-12-18-13-7-8-14-18;3-1(4)2(5)6/h2-4,9-10H,7-8,11-14H2,1H3;(H,3,4)(H,5,6). The summed E-state index contributed by atoms with van der Waals surface area (Å²) in [6.07, 6.45) is 2.57. The molecule has 0 saturated carbocycles. The van der Waals surface area contributed by atoms with Gasteiger partial charge < -0.3 is 15.1 Å². The van der Waals surface area contributed by atoms with Crippen LogP contribution in [-0.4, -0.2) is 71.1 Å². The van der Waals surface area contributed by atoms with E-state index in [1.807, 2.05) is 30.3 Å². The summed E-state index contributed by atoms with van der Waals surface area (Å²) in [7, 11) is 1.79. The molecule has 25 heavy (non-hydrogen) atoms. The number of hydrogen-bond donors (Lipinski definition) is 2. The fourth-order valence-electron chi connectivity index (χ4n) is 2.16. The Morgan fingerprint density at radius 3 is 2.12 bits per heavy atom. The quantitative estimate of drug-likeness (QED) is 0.626. The van der Waals surface area contributed by atoms with Crippen LogP contribution < -0.4 is 0 Å². The predicted octanol–water partition coefficient (Wildman–Crippen LogP) is 1.01. The maximum Gasteiger partial charge on any atom is 0.414 e. The number of rotatable bonds is 3. The number of benzene rings is 1. The molecule has 1 aliphatic rings. The van der Waals surface area contributed by atoms with Gasteiger partial charge in [0, 0.05) is 12.6 Å². The van der Waals surface area contributed by atoms with Crippen LogP contribution in [0.1, 0.15) is 23.2 Å². The molecule has 1 aromatic carbocycles. The minimum Gasteiger partial charge on any atom is -0.473 e. The van der Waals surface area contributed by atoms with Crippen molar-refractivity contribution >= 4 is 17.8 Å². The fourth-order valence-corrected chi connectivity index (χ4v) is 2.16. The average Bonchev–Trinajstić information content (AvgIpc) is 3.12. The van der Waals surface area contributed by atoms with Gasteiger partial charge in [-0.3, -0.25) is 9.69 Å². The van der Waals surface area contributed by atoms with Crippen LogP contribution in [-0.2, 0) is 9.59 Å². The number of carboxylic acid groups (broad SMARTS) is 2. The van der Waals surface area contributed by atoms with Crippen molar-refractivity contribution in [3.63, 3.8) is 0 Å². The van der Waals surface area contributed by atoms with E-state index in [2.05, 4.69) is 16.7 Å². The lowest BCUT2D eigenvalue weighted by atomic mass is 10.2. The molecule has 0 bridgehead atoms. The monoisotopic (exact) mass is 346 g/mol. The predicted molar refractivity (Wildman–Crippen MR) is 92.1 cm³/mol. The highest BCUT2D eigenvalue weighted by atomic mass is 16.4. The summed E-state index contributed by atoms with van der Waals surface area (Å²) in [6.45, 7) is 3.63. The van der Waals surface area contributed by atoms with E-state index in [1.54, 1.807) is 11.9 Å². The van der Waals surface area contributed by atoms with E-state index in [1.165, 1.54) is 12.8 Å². The van der Waals surface area contributed by atoms with E-state index in [0.29, 0.717) is 12.1 Å². The molecule has 0 radical (unpaired) electrons. The first kappa shape index (κ1) is 20.2. The zero-order valence-corrected chi connectivity index (χ0v) is 14.1. The van der Waals surface area contributed by atoms with Crippen LogP contribution in [0.5, 0.6) is 0 Å². The van der Waals surface area contributed by atoms with Crippen molar-refractivity contribution in [2.24, 2.45) is 0 Å². The molecule has 1 saturated heterocycles. The van der Waals surface area contributed by atoms with E-state index < -0.39 is 11.9 Å². The summed E-state index contributed by atoms with van der Waals surface area (Å²) < 4.78 is 0. The molecule has 2 rings (SSSR count). The normalized spacial score (nSPS) is 13.0. The van der Waals surface area contributed by atoms with Crippen molar-refractivity contribution in [1.29, 1.82) is 0 Å². The van der Waals surface area contributed by atoms with Gasteiger partial charge in [0.15, 0.2) is 0 Å². The summed E-state index contributed by atoms with van der Waals surface area (Å²) >= 11 is 0. The second-order valence-corrected chi connectivity index (χ2v) is 5.47. The van der Waals surface area contributed by atoms with Crippen LogP contribution in [0.25, 0.3) is 0 Å². The smallest absolute Gasteiger partial charge is 0.414 e. The summed E-state index contributed by atoms with van der Waals surface area (Å²) in [5, 5.41) is 14.8. The van der Waals surface area contributed by atoms with Crippen LogP contribution in [0, 0.1) is 11.8 Å². The zero-order valence-electron chi connectivity index (χ0n) is 14.1. The number of likely N-dealkylation sites (tertiary alicyclic amines) is 1. The lowest BCUT2D eigenvalue weighted by Crippen LogP contribution is -2.27. The zero-order chi connectivity index (χ0) is 18.7. The molecule has 0 spiro atoms. The third-order valence-corrected chi connectivity index (χ3v) is 3.49. The Bertz CT molecular complexity index is 630. The number of aliphatic carboxylic acids is 2. The van der Waals surface area contributed by atoms with E-state index in [0.717, 1.165) is 19.6 Å². The molecule has 1 heterocycles. The highest BCUT2D eigenvalue weighted by molar-refractivity contribution is 6.27. The maximum atomic E-state index is 12.0. The highest BCUT2D eigenvalue weighted by Gasteiger charge is 2.10. The van der Waals surface area contributed by atoms with Gasteiger partial charge in [-0.15, -0.1) is 0 Å². The molecule has 134 valence electrons. The molecule has 1 amide bonds. The van der Waals surface area contributed by atoms with Gasteiger partial charge in [-0.1, -0.05) is 30.0 Å². The lowest BCUT2D eigenvalue weighted by molar-refractivity contribution is -0.159. The largest absolute Gasteiger partial charge is 0.473 e. The summed E-state index contributed by atoms with van der Waals surface area (Å²) in [5.74, 6) is 2.60. The Morgan fingerprint density at radius 2 is 1.60 bits per heavy atom. The molecular formula is C18H22N2O5. The van der Waals surface area contributed by atoms with Crippen LogP contribution in [0.4, 0.5) is 0 Å². The Kier molecular flexibility index (Phi) is 8.75. The first-order valence-corrected chi connectivity index (χ1v) is 7.86. The Balaban J connectivity index is 0.000000450. The van der Waals surface area contributed by atoms with Crippen molar-refractivity contribution < 1.29 is 24.6 Å². The van der Waals surface area contributed by atoms with Gasteiger partial charge in [-0.25, -0.2) is 9.59 Å². The topological polar surface area (TPSA) is 98.2 Å². The van der Waals surface area contributed by atoms with Gasteiger partial charge in [0.05, 0.1) is 13.1 Å². The van der Waals surface area contributed by atoms with E-state index in [9.17, 15) is 4.79 Å². The molecule has 0 aromatic heterocycles. The van der Waals surface area contributed by atoms with Crippen LogP contribution in [0.3, 0.4) is 0 Å². The molecule has 1 fully saturated rings. The van der Waals surface area contributed by atoms with Gasteiger partial charge in [-0.2, -0.15) is 0 Å². The molecule has 0 aliphatic carbocycles. The molecule has 1 aliphatic heterocycles. The number of hydrogen-bond acceptors (Lipinski definition) is 4. The number of carbonyl (C=O) groups is 3. The molecule has 2 N–H and O–H groups in total. The third kappa shape index (κ3) is 7.99. The van der Waals surface area contributed by atoms with E-state index >= 15 is 0 Å². The first-order chi connectivity index (χ1) is 11.9. The summed E-state index contributed by atoms with van der Waals surface area (Å²) in [6, 6.07) is 9.32. The van der Waals surface area contributed by atoms with Crippen LogP contribution >= 0.6 is 0 Å². The molecular weight excluding hydrogens is 324 g/mol. The molecule has 1 aromatic rings. The SMILES string of the molecule is CN(CC#CCN1CCCC1)C(=O)c1ccccc1.O=C(O)C(=O)O. The maximum absolute atomic E-state index is 12.0. The first-order valence-electron chi connectivity index (χ1n) is 7.86. The van der Waals surface area contributed by atoms with Crippen molar-refractivity contribution in [1.82, 2.24) is 9.80 Å². The number of amides is 1. The molecule has 7 heteroatoms. The van der Waals surface area contributed by atoms with Crippen LogP contribution in [0.2, 0.25) is 0 Å². The fraction of sp³-hybridized carbons (Fsp3) is 0.389. The van der Waals surface area contributed by atoms with Gasteiger partial charge in [-0.05, 0) is 38.1 Å². The van der Waals surface area contributed by atoms with Gasteiger partial charge in [0.2, 0.25) is 0 Å². The van der Waals surface area contributed by atoms with Crippen molar-refractivity contribution in [2.45, 2.75) is 12.8 Å². The Hall–Kier alpha value is -2.85. The average molecular weight is 346 g/mol. The van der Waals surface area contributed by atoms with Gasteiger partial charge >= 0.3 is 11.9 Å². The Morgan fingerprint density at radius 1 is 1.04 bits per heavy atom. The van der Waals surface area contributed by atoms with Gasteiger partial charge in [0.1, 0.15) is 0 Å². The third-order valence-electron chi connectivity index (χ3n) is 3.49. The molecule has 0 unspecified atom stereocenters.